The predicted octanol–water partition coefficient (Wildman–Crippen LogP) is 4.34. The second-order valence-corrected chi connectivity index (χ2v) is 6.52. The molecule has 2 nitrogen and oxygen atoms in total. The standard InChI is InChI=1S/C18H19BrN2/c1-13(20)10-15-5-3-7-18-17(15)8-9-21(18)12-14-4-2-6-16(19)11-14/h2-9,11,13H,10,12,20H2,1H3. The van der Waals surface area contributed by atoms with Gasteiger partial charge >= 0.3 is 0 Å². The number of halogens is 1. The number of rotatable bonds is 4. The van der Waals surface area contributed by atoms with Gasteiger partial charge in [-0.05, 0) is 48.7 Å². The fraction of sp³-hybridized carbons (Fsp3) is 0.222. The zero-order chi connectivity index (χ0) is 14.8. The topological polar surface area (TPSA) is 30.9 Å². The van der Waals surface area contributed by atoms with Crippen LogP contribution in [0.4, 0.5) is 0 Å². The van der Waals surface area contributed by atoms with Crippen molar-refractivity contribution in [3.63, 3.8) is 0 Å². The van der Waals surface area contributed by atoms with E-state index in [1.165, 1.54) is 22.0 Å². The van der Waals surface area contributed by atoms with Crippen LogP contribution in [0.25, 0.3) is 10.9 Å². The summed E-state index contributed by atoms with van der Waals surface area (Å²) in [6, 6.07) is 17.3. The Hall–Kier alpha value is -1.58. The van der Waals surface area contributed by atoms with Gasteiger partial charge in [0, 0.05) is 34.2 Å². The first-order chi connectivity index (χ1) is 10.1. The maximum Gasteiger partial charge on any atom is 0.0486 e. The quantitative estimate of drug-likeness (QED) is 0.751. The first-order valence-electron chi connectivity index (χ1n) is 7.20. The maximum absolute atomic E-state index is 5.95. The second-order valence-electron chi connectivity index (χ2n) is 5.60. The van der Waals surface area contributed by atoms with Crippen LogP contribution in [0.2, 0.25) is 0 Å². The average molecular weight is 343 g/mol. The van der Waals surface area contributed by atoms with Crippen LogP contribution in [0, 0.1) is 0 Å². The first-order valence-corrected chi connectivity index (χ1v) is 7.99. The van der Waals surface area contributed by atoms with Crippen molar-refractivity contribution in [1.29, 1.82) is 0 Å². The predicted molar refractivity (Wildman–Crippen MR) is 92.5 cm³/mol. The second kappa shape index (κ2) is 6.04. The molecule has 0 saturated carbocycles. The van der Waals surface area contributed by atoms with Crippen LogP contribution in [0.3, 0.4) is 0 Å². The minimum atomic E-state index is 0.184. The number of benzene rings is 2. The van der Waals surface area contributed by atoms with Gasteiger partial charge in [0.2, 0.25) is 0 Å². The summed E-state index contributed by atoms with van der Waals surface area (Å²) in [5, 5.41) is 1.31. The average Bonchev–Trinajstić information content (AvgIpc) is 2.83. The van der Waals surface area contributed by atoms with Crippen molar-refractivity contribution >= 4 is 26.8 Å². The van der Waals surface area contributed by atoms with Gasteiger partial charge in [-0.25, -0.2) is 0 Å². The van der Waals surface area contributed by atoms with Crippen LogP contribution >= 0.6 is 15.9 Å². The zero-order valence-electron chi connectivity index (χ0n) is 12.1. The fourth-order valence-electron chi connectivity index (χ4n) is 2.78. The summed E-state index contributed by atoms with van der Waals surface area (Å²) in [6.07, 6.45) is 3.08. The summed E-state index contributed by atoms with van der Waals surface area (Å²) in [6.45, 7) is 2.93. The molecule has 0 spiro atoms. The Morgan fingerprint density at radius 1 is 1.14 bits per heavy atom. The molecule has 3 heteroatoms. The third-order valence-electron chi connectivity index (χ3n) is 3.69. The zero-order valence-corrected chi connectivity index (χ0v) is 13.7. The van der Waals surface area contributed by atoms with Crippen molar-refractivity contribution in [3.05, 3.63) is 70.3 Å². The number of aromatic nitrogens is 1. The van der Waals surface area contributed by atoms with Gasteiger partial charge in [0.15, 0.2) is 0 Å². The van der Waals surface area contributed by atoms with Gasteiger partial charge in [0.05, 0.1) is 0 Å². The van der Waals surface area contributed by atoms with Crippen molar-refractivity contribution < 1.29 is 0 Å². The number of hydrogen-bond donors (Lipinski definition) is 1. The Bertz CT molecular complexity index is 759. The van der Waals surface area contributed by atoms with Gasteiger partial charge in [0.25, 0.3) is 0 Å². The summed E-state index contributed by atoms with van der Waals surface area (Å²) in [4.78, 5) is 0. The molecular formula is C18H19BrN2. The molecule has 0 aliphatic rings. The van der Waals surface area contributed by atoms with E-state index >= 15 is 0 Å². The molecule has 0 radical (unpaired) electrons. The van der Waals surface area contributed by atoms with Crippen LogP contribution in [0.5, 0.6) is 0 Å². The highest BCUT2D eigenvalue weighted by Crippen LogP contribution is 2.23. The molecule has 3 aromatic rings. The van der Waals surface area contributed by atoms with E-state index in [-0.39, 0.29) is 6.04 Å². The monoisotopic (exact) mass is 342 g/mol. The van der Waals surface area contributed by atoms with Gasteiger partial charge in [-0.1, -0.05) is 40.2 Å². The van der Waals surface area contributed by atoms with Gasteiger partial charge in [0.1, 0.15) is 0 Å². The molecule has 2 N–H and O–H groups in total. The van der Waals surface area contributed by atoms with E-state index in [9.17, 15) is 0 Å². The summed E-state index contributed by atoms with van der Waals surface area (Å²) >= 11 is 3.53. The van der Waals surface area contributed by atoms with Crippen molar-refractivity contribution in [1.82, 2.24) is 4.57 Å². The minimum absolute atomic E-state index is 0.184. The van der Waals surface area contributed by atoms with E-state index in [1.54, 1.807) is 0 Å². The van der Waals surface area contributed by atoms with Gasteiger partial charge < -0.3 is 10.3 Å². The van der Waals surface area contributed by atoms with Crippen LogP contribution < -0.4 is 5.73 Å². The van der Waals surface area contributed by atoms with E-state index in [2.05, 4.69) is 82.1 Å². The SMILES string of the molecule is CC(N)Cc1cccc2c1ccn2Cc1cccc(Br)c1. The lowest BCUT2D eigenvalue weighted by Gasteiger charge is -2.09. The minimum Gasteiger partial charge on any atom is -0.343 e. The van der Waals surface area contributed by atoms with Gasteiger partial charge in [-0.2, -0.15) is 0 Å². The van der Waals surface area contributed by atoms with Crippen LogP contribution in [-0.4, -0.2) is 10.6 Å². The Balaban J connectivity index is 1.97. The highest BCUT2D eigenvalue weighted by Gasteiger charge is 2.07. The Kier molecular flexibility index (Phi) is 4.13. The highest BCUT2D eigenvalue weighted by atomic mass is 79.9. The molecule has 1 unspecified atom stereocenters. The normalized spacial score (nSPS) is 12.7. The van der Waals surface area contributed by atoms with Gasteiger partial charge in [-0.3, -0.25) is 0 Å². The van der Waals surface area contributed by atoms with Crippen LogP contribution in [-0.2, 0) is 13.0 Å². The van der Waals surface area contributed by atoms with E-state index in [0.29, 0.717) is 0 Å². The molecule has 1 aromatic heterocycles. The van der Waals surface area contributed by atoms with Crippen molar-refractivity contribution in [3.8, 4) is 0 Å². The molecule has 0 fully saturated rings. The third kappa shape index (κ3) is 3.20. The third-order valence-corrected chi connectivity index (χ3v) is 4.18. The molecule has 3 rings (SSSR count). The van der Waals surface area contributed by atoms with Crippen molar-refractivity contribution in [2.24, 2.45) is 5.73 Å². The number of hydrogen-bond acceptors (Lipinski definition) is 1. The molecule has 108 valence electrons. The molecule has 0 amide bonds. The smallest absolute Gasteiger partial charge is 0.0486 e. The molecule has 0 bridgehead atoms. The summed E-state index contributed by atoms with van der Waals surface area (Å²) in [5.74, 6) is 0. The Morgan fingerprint density at radius 3 is 2.71 bits per heavy atom. The Morgan fingerprint density at radius 2 is 1.95 bits per heavy atom. The molecule has 21 heavy (non-hydrogen) atoms. The van der Waals surface area contributed by atoms with E-state index in [4.69, 9.17) is 5.73 Å². The molecule has 1 heterocycles. The lowest BCUT2D eigenvalue weighted by Crippen LogP contribution is -2.17. The Labute approximate surface area is 133 Å². The maximum atomic E-state index is 5.95. The molecular weight excluding hydrogens is 324 g/mol. The summed E-state index contributed by atoms with van der Waals surface area (Å²) in [5.41, 5.74) is 9.84. The van der Waals surface area contributed by atoms with E-state index in [1.807, 2.05) is 0 Å². The lowest BCUT2D eigenvalue weighted by molar-refractivity contribution is 0.741. The van der Waals surface area contributed by atoms with E-state index < -0.39 is 0 Å². The van der Waals surface area contributed by atoms with Gasteiger partial charge in [-0.15, -0.1) is 0 Å². The van der Waals surface area contributed by atoms with Crippen molar-refractivity contribution in [2.75, 3.05) is 0 Å². The summed E-state index contributed by atoms with van der Waals surface area (Å²) in [7, 11) is 0. The number of nitrogens with zero attached hydrogens (tertiary/aromatic N) is 1. The largest absolute Gasteiger partial charge is 0.343 e. The highest BCUT2D eigenvalue weighted by molar-refractivity contribution is 9.10. The molecule has 2 aromatic carbocycles. The molecule has 0 saturated heterocycles. The molecule has 1 atom stereocenters. The molecule has 0 aliphatic carbocycles. The van der Waals surface area contributed by atoms with Crippen molar-refractivity contribution in [2.45, 2.75) is 25.9 Å². The van der Waals surface area contributed by atoms with Crippen LogP contribution in [0.15, 0.2) is 59.2 Å². The van der Waals surface area contributed by atoms with E-state index in [0.717, 1.165) is 17.4 Å². The van der Waals surface area contributed by atoms with Crippen LogP contribution in [0.1, 0.15) is 18.1 Å². The first kappa shape index (κ1) is 14.4. The lowest BCUT2D eigenvalue weighted by atomic mass is 10.0. The number of fused-ring (bicyclic) bond motifs is 1. The summed E-state index contributed by atoms with van der Waals surface area (Å²) < 4.78 is 3.41. The number of nitrogens with two attached hydrogens (primary N) is 1. The fourth-order valence-corrected chi connectivity index (χ4v) is 3.23. The molecule has 0 aliphatic heterocycles.